The summed E-state index contributed by atoms with van der Waals surface area (Å²) >= 11 is 0. The van der Waals surface area contributed by atoms with E-state index in [9.17, 15) is 4.79 Å². The zero-order valence-electron chi connectivity index (χ0n) is 11.2. The third-order valence-electron chi connectivity index (χ3n) is 3.03. The number of hydrogen-bond donors (Lipinski definition) is 2. The summed E-state index contributed by atoms with van der Waals surface area (Å²) in [6.45, 7) is 4.30. The lowest BCUT2D eigenvalue weighted by molar-refractivity contribution is 0.0944. The van der Waals surface area contributed by atoms with Crippen LogP contribution in [0.5, 0.6) is 0 Å². The van der Waals surface area contributed by atoms with Crippen molar-refractivity contribution in [2.45, 2.75) is 13.8 Å². The van der Waals surface area contributed by atoms with Gasteiger partial charge in [-0.1, -0.05) is 25.1 Å². The number of fused-ring (bicyclic) bond motifs is 1. The summed E-state index contributed by atoms with van der Waals surface area (Å²) in [6.07, 6.45) is 0. The van der Waals surface area contributed by atoms with Gasteiger partial charge in [0.1, 0.15) is 0 Å². The van der Waals surface area contributed by atoms with E-state index in [4.69, 9.17) is 5.11 Å². The SMILES string of the molecule is Cc1ccc2cccc(C(=O)NCC(C)CO)c2n1. The molecular formula is C15H18N2O2. The minimum Gasteiger partial charge on any atom is -0.396 e. The lowest BCUT2D eigenvalue weighted by Crippen LogP contribution is -2.29. The number of aliphatic hydroxyl groups excluding tert-OH is 1. The number of aromatic nitrogens is 1. The van der Waals surface area contributed by atoms with Gasteiger partial charge in [-0.2, -0.15) is 0 Å². The van der Waals surface area contributed by atoms with Gasteiger partial charge in [0.15, 0.2) is 0 Å². The van der Waals surface area contributed by atoms with E-state index in [-0.39, 0.29) is 18.4 Å². The molecule has 4 nitrogen and oxygen atoms in total. The Balaban J connectivity index is 2.29. The Labute approximate surface area is 112 Å². The smallest absolute Gasteiger partial charge is 0.253 e. The lowest BCUT2D eigenvalue weighted by atomic mass is 10.1. The fourth-order valence-corrected chi connectivity index (χ4v) is 1.85. The Kier molecular flexibility index (Phi) is 4.12. The van der Waals surface area contributed by atoms with Crippen LogP contribution in [-0.4, -0.2) is 29.1 Å². The number of hydrogen-bond acceptors (Lipinski definition) is 3. The maximum atomic E-state index is 12.2. The standard InChI is InChI=1S/C15H18N2O2/c1-10(9-18)8-16-15(19)13-5-3-4-12-7-6-11(2)17-14(12)13/h3-7,10,18H,8-9H2,1-2H3,(H,16,19). The summed E-state index contributed by atoms with van der Waals surface area (Å²) in [5.41, 5.74) is 2.18. The molecule has 0 bridgehead atoms. The first-order chi connectivity index (χ1) is 9.11. The molecule has 0 saturated heterocycles. The molecule has 1 unspecified atom stereocenters. The maximum absolute atomic E-state index is 12.2. The van der Waals surface area contributed by atoms with Crippen molar-refractivity contribution in [2.24, 2.45) is 5.92 Å². The highest BCUT2D eigenvalue weighted by molar-refractivity contribution is 6.05. The third kappa shape index (κ3) is 3.09. The van der Waals surface area contributed by atoms with Crippen molar-refractivity contribution in [3.8, 4) is 0 Å². The van der Waals surface area contributed by atoms with Crippen LogP contribution in [0.4, 0.5) is 0 Å². The molecular weight excluding hydrogens is 240 g/mol. The molecule has 0 fully saturated rings. The number of nitrogens with zero attached hydrogens (tertiary/aromatic N) is 1. The van der Waals surface area contributed by atoms with E-state index in [0.717, 1.165) is 16.6 Å². The first-order valence-electron chi connectivity index (χ1n) is 6.37. The molecule has 2 aromatic rings. The fourth-order valence-electron chi connectivity index (χ4n) is 1.85. The highest BCUT2D eigenvalue weighted by Crippen LogP contribution is 2.17. The Morgan fingerprint density at radius 2 is 2.16 bits per heavy atom. The van der Waals surface area contributed by atoms with Crippen molar-refractivity contribution in [3.05, 3.63) is 41.6 Å². The minimum atomic E-state index is -0.149. The molecule has 100 valence electrons. The van der Waals surface area contributed by atoms with Crippen LogP contribution in [0.3, 0.4) is 0 Å². The number of benzene rings is 1. The number of aryl methyl sites for hydroxylation is 1. The van der Waals surface area contributed by atoms with Crippen LogP contribution < -0.4 is 5.32 Å². The van der Waals surface area contributed by atoms with Gasteiger partial charge in [0.2, 0.25) is 0 Å². The molecule has 0 aliphatic carbocycles. The van der Waals surface area contributed by atoms with Crippen molar-refractivity contribution in [3.63, 3.8) is 0 Å². The Morgan fingerprint density at radius 3 is 2.89 bits per heavy atom. The molecule has 0 spiro atoms. The van der Waals surface area contributed by atoms with E-state index >= 15 is 0 Å². The van der Waals surface area contributed by atoms with Gasteiger partial charge < -0.3 is 10.4 Å². The van der Waals surface area contributed by atoms with Crippen molar-refractivity contribution >= 4 is 16.8 Å². The quantitative estimate of drug-likeness (QED) is 0.880. The summed E-state index contributed by atoms with van der Waals surface area (Å²) in [5.74, 6) is -0.0994. The fraction of sp³-hybridized carbons (Fsp3) is 0.333. The molecule has 0 radical (unpaired) electrons. The van der Waals surface area contributed by atoms with Gasteiger partial charge in [0.25, 0.3) is 5.91 Å². The van der Waals surface area contributed by atoms with Crippen LogP contribution in [0.25, 0.3) is 10.9 Å². The second-order valence-electron chi connectivity index (χ2n) is 4.83. The zero-order chi connectivity index (χ0) is 13.8. The predicted molar refractivity (Wildman–Crippen MR) is 75.1 cm³/mol. The van der Waals surface area contributed by atoms with E-state index in [2.05, 4.69) is 10.3 Å². The van der Waals surface area contributed by atoms with Gasteiger partial charge in [-0.05, 0) is 25.0 Å². The first kappa shape index (κ1) is 13.5. The topological polar surface area (TPSA) is 62.2 Å². The second kappa shape index (κ2) is 5.80. The van der Waals surface area contributed by atoms with Crippen molar-refractivity contribution in [2.75, 3.05) is 13.2 Å². The number of carbonyl (C=O) groups excluding carboxylic acids is 1. The summed E-state index contributed by atoms with van der Waals surface area (Å²) in [4.78, 5) is 16.6. The first-order valence-corrected chi connectivity index (χ1v) is 6.37. The number of rotatable bonds is 4. The molecule has 0 saturated carbocycles. The van der Waals surface area contributed by atoms with Crippen molar-refractivity contribution in [1.29, 1.82) is 0 Å². The number of carbonyl (C=O) groups is 1. The number of pyridine rings is 1. The zero-order valence-corrected chi connectivity index (χ0v) is 11.2. The van der Waals surface area contributed by atoms with Crippen molar-refractivity contribution < 1.29 is 9.90 Å². The maximum Gasteiger partial charge on any atom is 0.253 e. The van der Waals surface area contributed by atoms with Gasteiger partial charge in [-0.25, -0.2) is 0 Å². The van der Waals surface area contributed by atoms with Crippen LogP contribution in [0.15, 0.2) is 30.3 Å². The van der Waals surface area contributed by atoms with E-state index in [1.54, 1.807) is 6.07 Å². The Hall–Kier alpha value is -1.94. The van der Waals surface area contributed by atoms with Gasteiger partial charge in [0.05, 0.1) is 11.1 Å². The summed E-state index contributed by atoms with van der Waals surface area (Å²) in [5, 5.41) is 12.7. The molecule has 19 heavy (non-hydrogen) atoms. The molecule has 2 rings (SSSR count). The summed E-state index contributed by atoms with van der Waals surface area (Å²) in [7, 11) is 0. The molecule has 1 amide bonds. The average Bonchev–Trinajstić information content (AvgIpc) is 2.43. The van der Waals surface area contributed by atoms with Crippen molar-refractivity contribution in [1.82, 2.24) is 10.3 Å². The van der Waals surface area contributed by atoms with Gasteiger partial charge in [-0.15, -0.1) is 0 Å². The molecule has 2 N–H and O–H groups in total. The number of para-hydroxylation sites is 1. The predicted octanol–water partition coefficient (Wildman–Crippen LogP) is 1.90. The number of amides is 1. The highest BCUT2D eigenvalue weighted by Gasteiger charge is 2.11. The molecule has 4 heteroatoms. The number of aliphatic hydroxyl groups is 1. The second-order valence-corrected chi connectivity index (χ2v) is 4.83. The van der Waals surface area contributed by atoms with Gasteiger partial charge >= 0.3 is 0 Å². The largest absolute Gasteiger partial charge is 0.396 e. The summed E-state index contributed by atoms with van der Waals surface area (Å²) < 4.78 is 0. The molecule has 1 heterocycles. The van der Waals surface area contributed by atoms with Crippen LogP contribution in [0.2, 0.25) is 0 Å². The van der Waals surface area contributed by atoms with E-state index in [0.29, 0.717) is 12.1 Å². The molecule has 1 atom stereocenters. The van der Waals surface area contributed by atoms with Gasteiger partial charge in [-0.3, -0.25) is 9.78 Å². The van der Waals surface area contributed by atoms with E-state index in [1.807, 2.05) is 38.1 Å². The monoisotopic (exact) mass is 258 g/mol. The Morgan fingerprint density at radius 1 is 1.37 bits per heavy atom. The molecule has 1 aromatic carbocycles. The third-order valence-corrected chi connectivity index (χ3v) is 3.03. The number of nitrogens with one attached hydrogen (secondary N) is 1. The molecule has 0 aliphatic heterocycles. The molecule has 1 aromatic heterocycles. The van der Waals surface area contributed by atoms with E-state index in [1.165, 1.54) is 0 Å². The van der Waals surface area contributed by atoms with Crippen LogP contribution in [-0.2, 0) is 0 Å². The normalized spacial score (nSPS) is 12.4. The lowest BCUT2D eigenvalue weighted by Gasteiger charge is -2.11. The van der Waals surface area contributed by atoms with Crippen LogP contribution in [0.1, 0.15) is 23.0 Å². The van der Waals surface area contributed by atoms with Crippen LogP contribution in [0, 0.1) is 12.8 Å². The summed E-state index contributed by atoms with van der Waals surface area (Å²) in [6, 6.07) is 9.45. The molecule has 0 aliphatic rings. The minimum absolute atomic E-state index is 0.0496. The Bertz CT molecular complexity index is 596. The highest BCUT2D eigenvalue weighted by atomic mass is 16.3. The van der Waals surface area contributed by atoms with E-state index < -0.39 is 0 Å². The average molecular weight is 258 g/mol. The van der Waals surface area contributed by atoms with Crippen LogP contribution >= 0.6 is 0 Å². The van der Waals surface area contributed by atoms with Gasteiger partial charge in [0, 0.05) is 24.2 Å².